The number of nitrogens with zero attached hydrogens (tertiary/aromatic N) is 1. The minimum Gasteiger partial charge on any atom is -0.628 e. The van der Waals surface area contributed by atoms with Crippen LogP contribution in [0.5, 0.6) is 0 Å². The summed E-state index contributed by atoms with van der Waals surface area (Å²) < 4.78 is 0.583. The number of carbonyl (C=O) groups is 1. The van der Waals surface area contributed by atoms with Gasteiger partial charge in [0, 0.05) is 5.57 Å². The lowest BCUT2D eigenvalue weighted by molar-refractivity contribution is -0.861. The van der Waals surface area contributed by atoms with Crippen LogP contribution in [-0.2, 0) is 9.63 Å². The van der Waals surface area contributed by atoms with E-state index in [0.29, 0.717) is 28.2 Å². The molecule has 0 bridgehead atoms. The molecule has 0 saturated heterocycles. The number of hydrogen-bond donors (Lipinski definition) is 1. The Morgan fingerprint density at radius 2 is 2.00 bits per heavy atom. The molecule has 0 fully saturated rings. The van der Waals surface area contributed by atoms with Crippen LogP contribution in [0.4, 0.5) is 0 Å². The fourth-order valence-electron chi connectivity index (χ4n) is 0.937. The number of rotatable bonds is 6. The van der Waals surface area contributed by atoms with E-state index in [2.05, 4.69) is 12.1 Å². The average molecular weight is 261 g/mol. The van der Waals surface area contributed by atoms with Crippen molar-refractivity contribution in [1.29, 1.82) is 0 Å². The van der Waals surface area contributed by atoms with Gasteiger partial charge in [0.25, 0.3) is 11.4 Å². The van der Waals surface area contributed by atoms with Gasteiger partial charge in [0.15, 0.2) is 6.54 Å². The molecule has 17 heavy (non-hydrogen) atoms. The van der Waals surface area contributed by atoms with E-state index >= 15 is 0 Å². The van der Waals surface area contributed by atoms with E-state index in [-0.39, 0.29) is 0 Å². The predicted molar refractivity (Wildman–Crippen MR) is 69.4 cm³/mol. The second-order valence-corrected chi connectivity index (χ2v) is 6.74. The summed E-state index contributed by atoms with van der Waals surface area (Å²) in [7, 11) is 4.31. The molecule has 98 valence electrons. The summed E-state index contributed by atoms with van der Waals surface area (Å²) in [5, 5.41) is 0. The summed E-state index contributed by atoms with van der Waals surface area (Å²) in [5.74, 6) is -0.400. The zero-order valence-corrected chi connectivity index (χ0v) is 12.1. The number of likely N-dealkylation sites (N-methyl/N-ethyl adjacent to an activating group) is 1. The van der Waals surface area contributed by atoms with Crippen LogP contribution in [0.2, 0.25) is 0 Å². The molecule has 0 rings (SSSR count). The van der Waals surface area contributed by atoms with Crippen molar-refractivity contribution >= 4 is 19.2 Å². The van der Waals surface area contributed by atoms with Crippen LogP contribution >= 0.6 is 7.77 Å². The van der Waals surface area contributed by atoms with Gasteiger partial charge in [-0.2, -0.15) is 4.84 Å². The van der Waals surface area contributed by atoms with E-state index in [9.17, 15) is 9.69 Å². The van der Waals surface area contributed by atoms with Crippen LogP contribution in [-0.4, -0.2) is 49.7 Å². The minimum absolute atomic E-state index is 0.348. The van der Waals surface area contributed by atoms with Crippen LogP contribution in [0.25, 0.3) is 0 Å². The van der Waals surface area contributed by atoms with Crippen molar-refractivity contribution in [3.8, 4) is 0 Å². The Bertz CT molecular complexity index is 332. The number of amides is 1. The third-order valence-electron chi connectivity index (χ3n) is 1.82. The maximum atomic E-state index is 11.8. The monoisotopic (exact) mass is 261 g/mol. The largest absolute Gasteiger partial charge is 0.628 e. The van der Waals surface area contributed by atoms with Gasteiger partial charge in [-0.25, -0.2) is 5.48 Å². The van der Waals surface area contributed by atoms with Crippen molar-refractivity contribution in [1.82, 2.24) is 5.48 Å². The molecule has 6 heteroatoms. The number of quaternary nitrogens is 1. The summed E-state index contributed by atoms with van der Waals surface area (Å²) in [5.41, 5.74) is 3.01. The quantitative estimate of drug-likeness (QED) is 0.322. The molecule has 0 aliphatic rings. The molecule has 5 nitrogen and oxygen atoms in total. The van der Waals surface area contributed by atoms with E-state index in [1.807, 2.05) is 28.1 Å². The molecule has 1 unspecified atom stereocenters. The molecule has 0 aromatic rings. The van der Waals surface area contributed by atoms with Gasteiger partial charge in [-0.05, 0) is 13.8 Å². The van der Waals surface area contributed by atoms with E-state index < -0.39 is 13.7 Å². The van der Waals surface area contributed by atoms with Gasteiger partial charge in [0.2, 0.25) is 0 Å². The SMILES string of the molecule is C=C(C)C(=O)NO/C(C[N+](C)(C)C)=[P+](/[O-])CC. The smallest absolute Gasteiger partial charge is 0.298 e. The summed E-state index contributed by atoms with van der Waals surface area (Å²) in [6.45, 7) is 7.38. The third-order valence-corrected chi connectivity index (χ3v) is 3.19. The lowest BCUT2D eigenvalue weighted by atomic mass is 10.3. The lowest BCUT2D eigenvalue weighted by Crippen LogP contribution is -2.42. The highest BCUT2D eigenvalue weighted by molar-refractivity contribution is 7.51. The molecule has 0 aliphatic heterocycles. The highest BCUT2D eigenvalue weighted by atomic mass is 31.1. The van der Waals surface area contributed by atoms with Crippen LogP contribution < -0.4 is 10.4 Å². The Morgan fingerprint density at radius 1 is 1.47 bits per heavy atom. The zero-order chi connectivity index (χ0) is 13.6. The summed E-state index contributed by atoms with van der Waals surface area (Å²) in [4.78, 5) is 28.2. The standard InChI is InChI=1S/C11H21N2O3P/c1-7-17(15)10(8-13(4,5)6)16-12-11(14)9(2)3/h2,7-8H2,1,3-6H3/p+1. The van der Waals surface area contributed by atoms with Gasteiger partial charge in [-0.3, -0.25) is 4.79 Å². The first-order chi connectivity index (χ1) is 7.67. The van der Waals surface area contributed by atoms with E-state index in [0.717, 1.165) is 0 Å². The number of carbonyl (C=O) groups excluding carboxylic acids is 1. The van der Waals surface area contributed by atoms with Crippen LogP contribution in [0, 0.1) is 0 Å². The highest BCUT2D eigenvalue weighted by Gasteiger charge is 2.21. The number of hydroxylamine groups is 1. The normalized spacial score (nSPS) is 13.1. The van der Waals surface area contributed by atoms with Crippen molar-refractivity contribution in [3.05, 3.63) is 12.2 Å². The van der Waals surface area contributed by atoms with Crippen LogP contribution in [0.3, 0.4) is 0 Å². The fraction of sp³-hybridized carbons (Fsp3) is 0.636. The second-order valence-electron chi connectivity index (χ2n) is 4.85. The maximum Gasteiger partial charge on any atom is 0.298 e. The van der Waals surface area contributed by atoms with Gasteiger partial charge in [0.1, 0.15) is 6.16 Å². The molecule has 0 aliphatic carbocycles. The predicted octanol–water partition coefficient (Wildman–Crippen LogP) is 0.224. The Morgan fingerprint density at radius 3 is 2.35 bits per heavy atom. The molecule has 0 radical (unpaired) electrons. The van der Waals surface area contributed by atoms with Crippen molar-refractivity contribution in [2.24, 2.45) is 0 Å². The molecule has 0 saturated carbocycles. The molecule has 0 aromatic heterocycles. The van der Waals surface area contributed by atoms with Gasteiger partial charge in [-0.1, -0.05) is 6.58 Å². The molecular weight excluding hydrogens is 239 g/mol. The first-order valence-corrected chi connectivity index (χ1v) is 6.85. The Labute approximate surface area is 104 Å². The van der Waals surface area contributed by atoms with Gasteiger partial charge in [-0.15, -0.1) is 0 Å². The maximum absolute atomic E-state index is 11.8. The highest BCUT2D eigenvalue weighted by Crippen LogP contribution is 2.14. The number of nitrogens with one attached hydrogen (secondary N) is 1. The molecule has 1 atom stereocenters. The summed E-state index contributed by atoms with van der Waals surface area (Å²) >= 11 is 0. The Hall–Kier alpha value is -0.740. The zero-order valence-electron chi connectivity index (χ0n) is 11.2. The molecule has 0 spiro atoms. The first-order valence-electron chi connectivity index (χ1n) is 5.41. The molecular formula is C11H22N2O3P+. The molecule has 0 heterocycles. The summed E-state index contributed by atoms with van der Waals surface area (Å²) in [6, 6.07) is 0. The third kappa shape index (κ3) is 7.23. The van der Waals surface area contributed by atoms with Gasteiger partial charge in [0.05, 0.1) is 28.9 Å². The number of hydrogen-bond acceptors (Lipinski definition) is 3. The first kappa shape index (κ1) is 16.3. The minimum atomic E-state index is -1.57. The molecule has 1 amide bonds. The van der Waals surface area contributed by atoms with Crippen LogP contribution in [0.15, 0.2) is 12.2 Å². The summed E-state index contributed by atoms with van der Waals surface area (Å²) in [6.07, 6.45) is 0.494. The molecule has 0 aromatic carbocycles. The van der Waals surface area contributed by atoms with E-state index in [1.54, 1.807) is 6.92 Å². The van der Waals surface area contributed by atoms with Crippen molar-refractivity contribution < 1.29 is 19.0 Å². The van der Waals surface area contributed by atoms with Crippen LogP contribution in [0.1, 0.15) is 13.8 Å². The van der Waals surface area contributed by atoms with E-state index in [4.69, 9.17) is 4.84 Å². The van der Waals surface area contributed by atoms with Crippen molar-refractivity contribution in [3.63, 3.8) is 0 Å². The van der Waals surface area contributed by atoms with Gasteiger partial charge < -0.3 is 9.38 Å². The Balaban J connectivity index is 4.64. The van der Waals surface area contributed by atoms with Crippen molar-refractivity contribution in [2.75, 3.05) is 33.8 Å². The fourth-order valence-corrected chi connectivity index (χ4v) is 2.02. The van der Waals surface area contributed by atoms with Gasteiger partial charge >= 0.3 is 0 Å². The Kier molecular flexibility index (Phi) is 6.57. The molecule has 1 N–H and O–H groups in total. The topological polar surface area (TPSA) is 61.4 Å². The lowest BCUT2D eigenvalue weighted by Gasteiger charge is -2.23. The second kappa shape index (κ2) is 6.87. The average Bonchev–Trinajstić information content (AvgIpc) is 2.20. The van der Waals surface area contributed by atoms with E-state index in [1.165, 1.54) is 0 Å². The van der Waals surface area contributed by atoms with Crippen molar-refractivity contribution in [2.45, 2.75) is 13.8 Å².